The van der Waals surface area contributed by atoms with E-state index < -0.39 is 0 Å². The summed E-state index contributed by atoms with van der Waals surface area (Å²) in [5, 5.41) is 13.8. The van der Waals surface area contributed by atoms with Gasteiger partial charge in [-0.3, -0.25) is 9.78 Å². The van der Waals surface area contributed by atoms with Gasteiger partial charge in [0.2, 0.25) is 0 Å². The van der Waals surface area contributed by atoms with Crippen LogP contribution in [0.5, 0.6) is 5.75 Å². The van der Waals surface area contributed by atoms with Crippen molar-refractivity contribution in [3.05, 3.63) is 58.9 Å². The van der Waals surface area contributed by atoms with Crippen LogP contribution in [0.3, 0.4) is 0 Å². The fourth-order valence-electron chi connectivity index (χ4n) is 1.70. The minimum Gasteiger partial charge on any atom is -0.507 e. The topological polar surface area (TPSA) is 74.6 Å². The predicted octanol–water partition coefficient (Wildman–Crippen LogP) is 2.17. The molecule has 0 bridgehead atoms. The quantitative estimate of drug-likeness (QED) is 0.662. The zero-order valence-electron chi connectivity index (χ0n) is 11.3. The van der Waals surface area contributed by atoms with Crippen molar-refractivity contribution in [2.45, 2.75) is 13.8 Å². The molecule has 20 heavy (non-hydrogen) atoms. The van der Waals surface area contributed by atoms with Crippen LogP contribution in [0.4, 0.5) is 0 Å². The average molecular weight is 269 g/mol. The van der Waals surface area contributed by atoms with E-state index in [1.807, 2.05) is 26.0 Å². The Labute approximate surface area is 117 Å². The van der Waals surface area contributed by atoms with Gasteiger partial charge in [-0.1, -0.05) is 12.1 Å². The number of phenolic OH excluding ortho intramolecular Hbond substituents is 1. The molecule has 1 aromatic carbocycles. The first-order valence-electron chi connectivity index (χ1n) is 6.12. The number of phenols is 1. The van der Waals surface area contributed by atoms with Gasteiger partial charge in [0, 0.05) is 23.5 Å². The Hall–Kier alpha value is -2.69. The van der Waals surface area contributed by atoms with Crippen LogP contribution in [0, 0.1) is 13.8 Å². The van der Waals surface area contributed by atoms with Crippen LogP contribution < -0.4 is 5.43 Å². The molecule has 0 aliphatic carbocycles. The summed E-state index contributed by atoms with van der Waals surface area (Å²) in [6.45, 7) is 3.67. The largest absolute Gasteiger partial charge is 0.507 e. The van der Waals surface area contributed by atoms with Gasteiger partial charge in [0.15, 0.2) is 0 Å². The van der Waals surface area contributed by atoms with E-state index in [0.29, 0.717) is 11.1 Å². The maximum absolute atomic E-state index is 11.8. The highest BCUT2D eigenvalue weighted by Crippen LogP contribution is 2.23. The summed E-state index contributed by atoms with van der Waals surface area (Å²) in [5.41, 5.74) is 5.13. The minimum absolute atomic E-state index is 0.173. The molecule has 0 radical (unpaired) electrons. The summed E-state index contributed by atoms with van der Waals surface area (Å²) < 4.78 is 0. The molecular weight excluding hydrogens is 254 g/mol. The van der Waals surface area contributed by atoms with E-state index in [-0.39, 0.29) is 11.7 Å². The van der Waals surface area contributed by atoms with E-state index in [1.54, 1.807) is 12.1 Å². The number of amides is 1. The highest BCUT2D eigenvalue weighted by molar-refractivity contribution is 5.95. The number of aryl methyl sites for hydroxylation is 2. The molecular formula is C15H15N3O2. The molecule has 5 heteroatoms. The van der Waals surface area contributed by atoms with E-state index in [1.165, 1.54) is 18.6 Å². The molecule has 102 valence electrons. The fraction of sp³-hybridized carbons (Fsp3) is 0.133. The second kappa shape index (κ2) is 5.97. The number of aromatic hydroxyl groups is 1. The Morgan fingerprint density at radius 2 is 1.85 bits per heavy atom. The van der Waals surface area contributed by atoms with Crippen LogP contribution in [0.25, 0.3) is 0 Å². The first-order valence-corrected chi connectivity index (χ1v) is 6.12. The molecule has 1 amide bonds. The van der Waals surface area contributed by atoms with Gasteiger partial charge in [-0.25, -0.2) is 5.43 Å². The number of nitrogens with zero attached hydrogens (tertiary/aromatic N) is 2. The minimum atomic E-state index is -0.326. The molecule has 0 spiro atoms. The van der Waals surface area contributed by atoms with Crippen molar-refractivity contribution in [2.75, 3.05) is 0 Å². The summed E-state index contributed by atoms with van der Waals surface area (Å²) >= 11 is 0. The van der Waals surface area contributed by atoms with Crippen LogP contribution in [0.2, 0.25) is 0 Å². The van der Waals surface area contributed by atoms with E-state index in [0.717, 1.165) is 11.1 Å². The zero-order chi connectivity index (χ0) is 14.5. The van der Waals surface area contributed by atoms with Crippen LogP contribution in [0.15, 0.2) is 41.8 Å². The molecule has 2 N–H and O–H groups in total. The van der Waals surface area contributed by atoms with Crippen LogP contribution in [0.1, 0.15) is 27.0 Å². The molecule has 1 heterocycles. The van der Waals surface area contributed by atoms with Gasteiger partial charge in [0.05, 0.1) is 6.21 Å². The molecule has 0 aliphatic heterocycles. The Balaban J connectivity index is 2.12. The first-order chi connectivity index (χ1) is 9.59. The van der Waals surface area contributed by atoms with Crippen LogP contribution >= 0.6 is 0 Å². The third-order valence-corrected chi connectivity index (χ3v) is 2.94. The number of hydrogen-bond acceptors (Lipinski definition) is 4. The third kappa shape index (κ3) is 3.00. The molecule has 0 saturated carbocycles. The normalized spacial score (nSPS) is 10.7. The highest BCUT2D eigenvalue weighted by Gasteiger charge is 2.06. The van der Waals surface area contributed by atoms with Gasteiger partial charge in [0.25, 0.3) is 5.91 Å². The lowest BCUT2D eigenvalue weighted by molar-refractivity contribution is 0.0955. The average Bonchev–Trinajstić information content (AvgIpc) is 2.47. The van der Waals surface area contributed by atoms with Crippen molar-refractivity contribution in [3.63, 3.8) is 0 Å². The maximum atomic E-state index is 11.8. The second-order valence-electron chi connectivity index (χ2n) is 4.40. The fourth-order valence-corrected chi connectivity index (χ4v) is 1.70. The molecule has 0 saturated heterocycles. The van der Waals surface area contributed by atoms with Crippen molar-refractivity contribution < 1.29 is 9.90 Å². The smallest absolute Gasteiger partial charge is 0.271 e. The molecule has 0 atom stereocenters. The predicted molar refractivity (Wildman–Crippen MR) is 76.9 cm³/mol. The summed E-state index contributed by atoms with van der Waals surface area (Å²) in [7, 11) is 0. The van der Waals surface area contributed by atoms with E-state index in [2.05, 4.69) is 15.5 Å². The highest BCUT2D eigenvalue weighted by atomic mass is 16.3. The number of benzene rings is 1. The zero-order valence-corrected chi connectivity index (χ0v) is 11.3. The Morgan fingerprint density at radius 1 is 1.20 bits per heavy atom. The number of carbonyl (C=O) groups is 1. The Morgan fingerprint density at radius 3 is 2.55 bits per heavy atom. The van der Waals surface area contributed by atoms with Gasteiger partial charge < -0.3 is 5.11 Å². The summed E-state index contributed by atoms with van der Waals surface area (Å²) in [5.74, 6) is -0.152. The number of hydrogen-bond donors (Lipinski definition) is 2. The van der Waals surface area contributed by atoms with Crippen molar-refractivity contribution in [2.24, 2.45) is 5.10 Å². The van der Waals surface area contributed by atoms with Gasteiger partial charge >= 0.3 is 0 Å². The molecule has 1 aromatic heterocycles. The van der Waals surface area contributed by atoms with Crippen LogP contribution in [-0.4, -0.2) is 22.2 Å². The Kier molecular flexibility index (Phi) is 4.10. The molecule has 2 aromatic rings. The first kappa shape index (κ1) is 13.7. The molecule has 0 aliphatic rings. The molecule has 0 unspecified atom stereocenters. The van der Waals surface area contributed by atoms with Crippen molar-refractivity contribution >= 4 is 12.1 Å². The molecule has 2 rings (SSSR count). The number of nitrogens with one attached hydrogen (secondary N) is 1. The SMILES string of the molecule is Cc1ccc(C)c(/C=N\NC(=O)c2ccncc2)c1O. The maximum Gasteiger partial charge on any atom is 0.271 e. The van der Waals surface area contributed by atoms with E-state index >= 15 is 0 Å². The monoisotopic (exact) mass is 269 g/mol. The summed E-state index contributed by atoms with van der Waals surface area (Å²) in [6.07, 6.45) is 4.51. The number of pyridine rings is 1. The van der Waals surface area contributed by atoms with E-state index in [4.69, 9.17) is 0 Å². The lowest BCUT2D eigenvalue weighted by Gasteiger charge is -2.06. The standard InChI is InChI=1S/C15H15N3O2/c1-10-3-4-11(2)14(19)13(10)9-17-18-15(20)12-5-7-16-8-6-12/h3-9,19H,1-2H3,(H,18,20)/b17-9-. The lowest BCUT2D eigenvalue weighted by atomic mass is 10.1. The van der Waals surface area contributed by atoms with E-state index in [9.17, 15) is 9.90 Å². The molecule has 0 fully saturated rings. The Bertz CT molecular complexity index is 652. The third-order valence-electron chi connectivity index (χ3n) is 2.94. The van der Waals surface area contributed by atoms with Crippen molar-refractivity contribution in [1.82, 2.24) is 10.4 Å². The van der Waals surface area contributed by atoms with Crippen molar-refractivity contribution in [1.29, 1.82) is 0 Å². The van der Waals surface area contributed by atoms with Crippen molar-refractivity contribution in [3.8, 4) is 5.75 Å². The van der Waals surface area contributed by atoms with Gasteiger partial charge in [-0.15, -0.1) is 0 Å². The summed E-state index contributed by atoms with van der Waals surface area (Å²) in [4.78, 5) is 15.6. The number of aromatic nitrogens is 1. The summed E-state index contributed by atoms with van der Waals surface area (Å²) in [6, 6.07) is 6.92. The van der Waals surface area contributed by atoms with Gasteiger partial charge in [-0.2, -0.15) is 5.10 Å². The number of rotatable bonds is 3. The van der Waals surface area contributed by atoms with Crippen LogP contribution in [-0.2, 0) is 0 Å². The van der Waals surface area contributed by atoms with Gasteiger partial charge in [0.1, 0.15) is 5.75 Å². The lowest BCUT2D eigenvalue weighted by Crippen LogP contribution is -2.17. The molecule has 5 nitrogen and oxygen atoms in total. The second-order valence-corrected chi connectivity index (χ2v) is 4.40. The number of hydrazone groups is 1. The van der Waals surface area contributed by atoms with Gasteiger partial charge in [-0.05, 0) is 37.1 Å². The number of carbonyl (C=O) groups excluding carboxylic acids is 1.